The van der Waals surface area contributed by atoms with Gasteiger partial charge in [0, 0.05) is 31.4 Å². The highest BCUT2D eigenvalue weighted by molar-refractivity contribution is 4.93. The molecular formula is C16H31N5. The van der Waals surface area contributed by atoms with Crippen molar-refractivity contribution in [2.24, 2.45) is 5.92 Å². The van der Waals surface area contributed by atoms with Gasteiger partial charge in [-0.1, -0.05) is 18.6 Å². The molecular weight excluding hydrogens is 262 g/mol. The zero-order valence-electron chi connectivity index (χ0n) is 14.1. The van der Waals surface area contributed by atoms with Crippen molar-refractivity contribution < 1.29 is 0 Å². The number of aromatic nitrogens is 3. The van der Waals surface area contributed by atoms with Crippen LogP contribution in [0.5, 0.6) is 0 Å². The summed E-state index contributed by atoms with van der Waals surface area (Å²) in [5.41, 5.74) is 1.14. The molecule has 1 saturated heterocycles. The van der Waals surface area contributed by atoms with E-state index in [2.05, 4.69) is 54.4 Å². The van der Waals surface area contributed by atoms with E-state index in [9.17, 15) is 0 Å². The second-order valence-corrected chi connectivity index (χ2v) is 7.32. The van der Waals surface area contributed by atoms with Crippen LogP contribution in [0.4, 0.5) is 0 Å². The number of nitrogens with one attached hydrogen (secondary N) is 1. The van der Waals surface area contributed by atoms with Crippen molar-refractivity contribution in [3.63, 3.8) is 0 Å². The van der Waals surface area contributed by atoms with E-state index in [1.165, 1.54) is 32.4 Å². The van der Waals surface area contributed by atoms with Crippen molar-refractivity contribution in [1.82, 2.24) is 25.2 Å². The van der Waals surface area contributed by atoms with Crippen molar-refractivity contribution in [2.45, 2.75) is 65.6 Å². The van der Waals surface area contributed by atoms with E-state index < -0.39 is 0 Å². The second kappa shape index (κ2) is 7.36. The largest absolute Gasteiger partial charge is 0.306 e. The van der Waals surface area contributed by atoms with Gasteiger partial charge < -0.3 is 10.2 Å². The van der Waals surface area contributed by atoms with Gasteiger partial charge >= 0.3 is 0 Å². The Labute approximate surface area is 129 Å². The first-order chi connectivity index (χ1) is 9.96. The molecule has 1 N–H and O–H groups in total. The molecule has 1 unspecified atom stereocenters. The number of nitrogens with zero attached hydrogens (tertiary/aromatic N) is 4. The van der Waals surface area contributed by atoms with E-state index in [4.69, 9.17) is 0 Å². The average molecular weight is 293 g/mol. The minimum absolute atomic E-state index is 0.119. The van der Waals surface area contributed by atoms with Gasteiger partial charge in [0.1, 0.15) is 0 Å². The van der Waals surface area contributed by atoms with Crippen LogP contribution in [0, 0.1) is 5.92 Å². The van der Waals surface area contributed by atoms with Crippen molar-refractivity contribution in [3.05, 3.63) is 11.9 Å². The van der Waals surface area contributed by atoms with Gasteiger partial charge in [-0.05, 0) is 46.1 Å². The third kappa shape index (κ3) is 5.75. The van der Waals surface area contributed by atoms with E-state index in [0.29, 0.717) is 0 Å². The summed E-state index contributed by atoms with van der Waals surface area (Å²) in [7, 11) is 0. The molecule has 0 bridgehead atoms. The lowest BCUT2D eigenvalue weighted by atomic mass is 10.0. The summed E-state index contributed by atoms with van der Waals surface area (Å²) in [5, 5.41) is 11.9. The quantitative estimate of drug-likeness (QED) is 0.838. The van der Waals surface area contributed by atoms with Gasteiger partial charge in [0.2, 0.25) is 0 Å². The maximum atomic E-state index is 4.24. The van der Waals surface area contributed by atoms with Gasteiger partial charge in [0.05, 0.1) is 12.2 Å². The zero-order chi connectivity index (χ0) is 15.3. The summed E-state index contributed by atoms with van der Waals surface area (Å²) < 4.78 is 1.98. The first-order valence-corrected chi connectivity index (χ1v) is 8.32. The molecule has 0 radical (unpaired) electrons. The number of likely N-dealkylation sites (tertiary alicyclic amines) is 1. The van der Waals surface area contributed by atoms with Crippen molar-refractivity contribution in [2.75, 3.05) is 19.6 Å². The molecule has 1 aromatic heterocycles. The molecule has 0 aliphatic carbocycles. The highest BCUT2D eigenvalue weighted by Crippen LogP contribution is 2.20. The van der Waals surface area contributed by atoms with Gasteiger partial charge in [-0.15, -0.1) is 5.10 Å². The molecule has 120 valence electrons. The molecule has 0 spiro atoms. The fourth-order valence-corrected chi connectivity index (χ4v) is 2.89. The highest BCUT2D eigenvalue weighted by atomic mass is 15.4. The molecule has 1 aromatic rings. The van der Waals surface area contributed by atoms with Crippen molar-refractivity contribution >= 4 is 0 Å². The molecule has 5 nitrogen and oxygen atoms in total. The molecule has 2 rings (SSSR count). The van der Waals surface area contributed by atoms with Crippen LogP contribution in [0.2, 0.25) is 0 Å². The van der Waals surface area contributed by atoms with Crippen LogP contribution in [0.1, 0.15) is 52.7 Å². The fraction of sp³-hybridized carbons (Fsp3) is 0.875. The van der Waals surface area contributed by atoms with Crippen molar-refractivity contribution in [1.29, 1.82) is 0 Å². The monoisotopic (exact) mass is 293 g/mol. The zero-order valence-corrected chi connectivity index (χ0v) is 14.1. The molecule has 1 fully saturated rings. The predicted octanol–water partition coefficient (Wildman–Crippen LogP) is 2.29. The fourth-order valence-electron chi connectivity index (χ4n) is 2.89. The first-order valence-electron chi connectivity index (χ1n) is 8.32. The number of rotatable bonds is 7. The third-order valence-electron chi connectivity index (χ3n) is 4.10. The Morgan fingerprint density at radius 2 is 2.14 bits per heavy atom. The number of hydrogen-bond donors (Lipinski definition) is 1. The van der Waals surface area contributed by atoms with Gasteiger partial charge in [0.15, 0.2) is 0 Å². The SMILES string of the molecule is CCCC1CCN(CCn2cc(CNC(C)(C)C)nn2)C1. The minimum Gasteiger partial charge on any atom is -0.306 e. The van der Waals surface area contributed by atoms with E-state index >= 15 is 0 Å². The molecule has 0 amide bonds. The molecule has 1 aliphatic heterocycles. The van der Waals surface area contributed by atoms with Gasteiger partial charge in [0.25, 0.3) is 0 Å². The summed E-state index contributed by atoms with van der Waals surface area (Å²) in [5.74, 6) is 0.914. The predicted molar refractivity (Wildman–Crippen MR) is 86.1 cm³/mol. The van der Waals surface area contributed by atoms with Crippen LogP contribution in [-0.4, -0.2) is 45.1 Å². The summed E-state index contributed by atoms with van der Waals surface area (Å²) in [4.78, 5) is 2.56. The standard InChI is InChI=1S/C16H31N5/c1-5-6-14-7-8-20(12-14)9-10-21-13-15(18-19-21)11-17-16(2,3)4/h13-14,17H,5-12H2,1-4H3. The molecule has 1 atom stereocenters. The van der Waals surface area contributed by atoms with Crippen LogP contribution in [0.15, 0.2) is 6.20 Å². The van der Waals surface area contributed by atoms with Gasteiger partial charge in [-0.25, -0.2) is 0 Å². The third-order valence-corrected chi connectivity index (χ3v) is 4.10. The molecule has 21 heavy (non-hydrogen) atoms. The normalized spacial score (nSPS) is 20.3. The molecule has 1 aliphatic rings. The highest BCUT2D eigenvalue weighted by Gasteiger charge is 2.21. The van der Waals surface area contributed by atoms with Gasteiger partial charge in [-0.3, -0.25) is 4.68 Å². The van der Waals surface area contributed by atoms with E-state index in [-0.39, 0.29) is 5.54 Å². The molecule has 0 saturated carbocycles. The Hall–Kier alpha value is -0.940. The summed E-state index contributed by atoms with van der Waals surface area (Å²) in [6.45, 7) is 14.1. The lowest BCUT2D eigenvalue weighted by Crippen LogP contribution is -2.35. The smallest absolute Gasteiger partial charge is 0.0965 e. The Bertz CT molecular complexity index is 421. The van der Waals surface area contributed by atoms with E-state index in [0.717, 1.165) is 31.2 Å². The van der Waals surface area contributed by atoms with Crippen LogP contribution in [-0.2, 0) is 13.1 Å². The maximum Gasteiger partial charge on any atom is 0.0965 e. The molecule has 0 aromatic carbocycles. The van der Waals surface area contributed by atoms with Crippen LogP contribution in [0.25, 0.3) is 0 Å². The van der Waals surface area contributed by atoms with Crippen LogP contribution >= 0.6 is 0 Å². The Morgan fingerprint density at radius 3 is 2.86 bits per heavy atom. The van der Waals surface area contributed by atoms with Crippen LogP contribution < -0.4 is 5.32 Å². The number of hydrogen-bond acceptors (Lipinski definition) is 4. The topological polar surface area (TPSA) is 46.0 Å². The molecule has 2 heterocycles. The van der Waals surface area contributed by atoms with Crippen molar-refractivity contribution in [3.8, 4) is 0 Å². The minimum atomic E-state index is 0.119. The lowest BCUT2D eigenvalue weighted by Gasteiger charge is -2.19. The summed E-state index contributed by atoms with van der Waals surface area (Å²) >= 11 is 0. The molecule has 5 heteroatoms. The Balaban J connectivity index is 1.71. The average Bonchev–Trinajstić information content (AvgIpc) is 3.02. The summed E-state index contributed by atoms with van der Waals surface area (Å²) in [6.07, 6.45) is 6.12. The second-order valence-electron chi connectivity index (χ2n) is 7.32. The lowest BCUT2D eigenvalue weighted by molar-refractivity contribution is 0.299. The first kappa shape index (κ1) is 16.4. The van der Waals surface area contributed by atoms with Gasteiger partial charge in [-0.2, -0.15) is 0 Å². The Morgan fingerprint density at radius 1 is 1.33 bits per heavy atom. The maximum absolute atomic E-state index is 4.24. The van der Waals surface area contributed by atoms with E-state index in [1.807, 2.05) is 4.68 Å². The Kier molecular flexibility index (Phi) is 5.76. The summed E-state index contributed by atoms with van der Waals surface area (Å²) in [6, 6.07) is 0. The van der Waals surface area contributed by atoms with E-state index in [1.54, 1.807) is 0 Å². The van der Waals surface area contributed by atoms with Crippen LogP contribution in [0.3, 0.4) is 0 Å².